The highest BCUT2D eigenvalue weighted by Gasteiger charge is 2.11. The summed E-state index contributed by atoms with van der Waals surface area (Å²) in [6, 6.07) is 7.37. The van der Waals surface area contributed by atoms with Crippen molar-refractivity contribution in [1.29, 1.82) is 0 Å². The Bertz CT molecular complexity index is 641. The molecule has 6 nitrogen and oxygen atoms in total. The molecule has 0 aliphatic heterocycles. The van der Waals surface area contributed by atoms with Gasteiger partial charge in [-0.1, -0.05) is 18.1 Å². The number of nitrogens with one attached hydrogen (secondary N) is 3. The average molecular weight is 269 g/mol. The molecule has 0 fully saturated rings. The first-order valence-electron chi connectivity index (χ1n) is 6.13. The number of anilines is 1. The van der Waals surface area contributed by atoms with E-state index in [0.717, 1.165) is 11.4 Å². The van der Waals surface area contributed by atoms with Gasteiger partial charge in [0.25, 0.3) is 0 Å². The topological polar surface area (TPSA) is 82.7 Å². The molecular weight excluding hydrogens is 254 g/mol. The normalized spacial score (nSPS) is 10.0. The first-order chi connectivity index (χ1) is 9.70. The summed E-state index contributed by atoms with van der Waals surface area (Å²) in [6.45, 7) is 2.34. The van der Waals surface area contributed by atoms with Gasteiger partial charge in [-0.3, -0.25) is 15.2 Å². The Morgan fingerprint density at radius 1 is 1.45 bits per heavy atom. The Labute approximate surface area is 117 Å². The van der Waals surface area contributed by atoms with Crippen LogP contribution in [0.1, 0.15) is 5.82 Å². The molecule has 6 heteroatoms. The van der Waals surface area contributed by atoms with Crippen molar-refractivity contribution in [3.8, 4) is 23.7 Å². The summed E-state index contributed by atoms with van der Waals surface area (Å²) in [4.78, 5) is 16.0. The zero-order valence-electron chi connectivity index (χ0n) is 11.1. The van der Waals surface area contributed by atoms with Crippen molar-refractivity contribution in [3.05, 3.63) is 30.1 Å². The number of para-hydroxylation sites is 1. The predicted molar refractivity (Wildman–Crippen MR) is 76.9 cm³/mol. The third-order valence-electron chi connectivity index (χ3n) is 2.55. The number of nitrogens with zero attached hydrogens (tertiary/aromatic N) is 2. The van der Waals surface area contributed by atoms with E-state index in [-0.39, 0.29) is 12.5 Å². The number of aromatic amines is 1. The van der Waals surface area contributed by atoms with Crippen molar-refractivity contribution in [1.82, 2.24) is 20.5 Å². The van der Waals surface area contributed by atoms with Crippen molar-refractivity contribution >= 4 is 11.6 Å². The second-order valence-corrected chi connectivity index (χ2v) is 4.15. The van der Waals surface area contributed by atoms with Crippen LogP contribution in [0, 0.1) is 19.3 Å². The molecule has 0 saturated heterocycles. The van der Waals surface area contributed by atoms with Crippen LogP contribution in [0.4, 0.5) is 5.69 Å². The lowest BCUT2D eigenvalue weighted by molar-refractivity contribution is -0.115. The van der Waals surface area contributed by atoms with E-state index in [0.29, 0.717) is 18.1 Å². The molecule has 1 amide bonds. The van der Waals surface area contributed by atoms with Crippen LogP contribution in [-0.2, 0) is 4.79 Å². The Balaban J connectivity index is 2.13. The van der Waals surface area contributed by atoms with Crippen LogP contribution in [0.5, 0.6) is 0 Å². The fourth-order valence-electron chi connectivity index (χ4n) is 1.69. The van der Waals surface area contributed by atoms with E-state index >= 15 is 0 Å². The Kier molecular flexibility index (Phi) is 4.47. The highest BCUT2D eigenvalue weighted by molar-refractivity contribution is 5.95. The maximum Gasteiger partial charge on any atom is 0.238 e. The fraction of sp³-hybridized carbons (Fsp3) is 0.214. The highest BCUT2D eigenvalue weighted by Crippen LogP contribution is 2.24. The van der Waals surface area contributed by atoms with Gasteiger partial charge in [0.05, 0.1) is 18.8 Å². The van der Waals surface area contributed by atoms with Gasteiger partial charge in [0.15, 0.2) is 5.82 Å². The maximum atomic E-state index is 11.8. The van der Waals surface area contributed by atoms with Gasteiger partial charge < -0.3 is 5.32 Å². The monoisotopic (exact) mass is 269 g/mol. The molecule has 0 atom stereocenters. The van der Waals surface area contributed by atoms with Crippen molar-refractivity contribution in [2.75, 3.05) is 18.4 Å². The third-order valence-corrected chi connectivity index (χ3v) is 2.55. The lowest BCUT2D eigenvalue weighted by atomic mass is 10.1. The van der Waals surface area contributed by atoms with E-state index in [1.807, 2.05) is 25.1 Å². The molecule has 0 saturated carbocycles. The number of carbonyl (C=O) groups is 1. The van der Waals surface area contributed by atoms with E-state index in [2.05, 4.69) is 31.7 Å². The molecule has 2 aromatic rings. The van der Waals surface area contributed by atoms with Gasteiger partial charge in [-0.05, 0) is 19.1 Å². The number of amides is 1. The first-order valence-corrected chi connectivity index (χ1v) is 6.13. The van der Waals surface area contributed by atoms with Crippen LogP contribution in [0.3, 0.4) is 0 Å². The van der Waals surface area contributed by atoms with Crippen molar-refractivity contribution in [2.45, 2.75) is 6.92 Å². The van der Waals surface area contributed by atoms with Gasteiger partial charge in [0.1, 0.15) is 5.82 Å². The van der Waals surface area contributed by atoms with Crippen molar-refractivity contribution in [3.63, 3.8) is 0 Å². The number of hydrogen-bond acceptors (Lipinski definition) is 4. The number of carbonyl (C=O) groups excluding carboxylic acids is 1. The Hall–Kier alpha value is -2.65. The Morgan fingerprint density at radius 3 is 2.95 bits per heavy atom. The molecule has 20 heavy (non-hydrogen) atoms. The van der Waals surface area contributed by atoms with Crippen LogP contribution >= 0.6 is 0 Å². The minimum absolute atomic E-state index is 0.158. The number of terminal acetylenes is 1. The maximum absolute atomic E-state index is 11.8. The lowest BCUT2D eigenvalue weighted by Gasteiger charge is -2.08. The molecule has 0 aliphatic rings. The second kappa shape index (κ2) is 6.50. The standard InChI is InChI=1S/C14H15N5O/c1-3-8-15-9-13(20)17-12-7-5-4-6-11(12)14-16-10(2)18-19-14/h1,4-7,15H,8-9H2,2H3,(H,17,20)(H,16,18,19). The van der Waals surface area contributed by atoms with Gasteiger partial charge in [-0.15, -0.1) is 6.42 Å². The smallest absolute Gasteiger partial charge is 0.238 e. The molecule has 0 spiro atoms. The number of aryl methyl sites for hydroxylation is 1. The molecule has 1 heterocycles. The summed E-state index contributed by atoms with van der Waals surface area (Å²) < 4.78 is 0. The second-order valence-electron chi connectivity index (χ2n) is 4.15. The first kappa shape index (κ1) is 13.8. The lowest BCUT2D eigenvalue weighted by Crippen LogP contribution is -2.28. The minimum Gasteiger partial charge on any atom is -0.324 e. The molecule has 2 rings (SSSR count). The molecule has 0 unspecified atom stereocenters. The van der Waals surface area contributed by atoms with E-state index in [9.17, 15) is 4.79 Å². The van der Waals surface area contributed by atoms with Crippen LogP contribution in [0.25, 0.3) is 11.4 Å². The van der Waals surface area contributed by atoms with Gasteiger partial charge >= 0.3 is 0 Å². The molecule has 0 radical (unpaired) electrons. The average Bonchev–Trinajstić information content (AvgIpc) is 2.86. The highest BCUT2D eigenvalue weighted by atomic mass is 16.1. The van der Waals surface area contributed by atoms with Crippen LogP contribution in [-0.4, -0.2) is 34.2 Å². The minimum atomic E-state index is -0.167. The molecular formula is C14H15N5O. The fourth-order valence-corrected chi connectivity index (χ4v) is 1.69. The zero-order chi connectivity index (χ0) is 14.4. The summed E-state index contributed by atoms with van der Waals surface area (Å²) in [6.07, 6.45) is 5.11. The summed E-state index contributed by atoms with van der Waals surface area (Å²) in [7, 11) is 0. The summed E-state index contributed by atoms with van der Waals surface area (Å²) in [5.41, 5.74) is 1.43. The van der Waals surface area contributed by atoms with Crippen molar-refractivity contribution < 1.29 is 4.79 Å². The molecule has 1 aromatic heterocycles. The number of hydrogen-bond donors (Lipinski definition) is 3. The summed E-state index contributed by atoms with van der Waals surface area (Å²) in [5.74, 6) is 3.52. The molecule has 3 N–H and O–H groups in total. The molecule has 0 aliphatic carbocycles. The number of aromatic nitrogens is 3. The Morgan fingerprint density at radius 2 is 2.25 bits per heavy atom. The summed E-state index contributed by atoms with van der Waals surface area (Å²) >= 11 is 0. The quantitative estimate of drug-likeness (QED) is 0.557. The van der Waals surface area contributed by atoms with Crippen molar-refractivity contribution in [2.24, 2.45) is 0 Å². The van der Waals surface area contributed by atoms with Gasteiger partial charge in [-0.2, -0.15) is 5.10 Å². The van der Waals surface area contributed by atoms with Gasteiger partial charge in [0.2, 0.25) is 5.91 Å². The summed E-state index contributed by atoms with van der Waals surface area (Å²) in [5, 5.41) is 12.5. The van der Waals surface area contributed by atoms with Gasteiger partial charge in [-0.25, -0.2) is 4.98 Å². The number of H-pyrrole nitrogens is 1. The number of rotatable bonds is 5. The SMILES string of the molecule is C#CCNCC(=O)Nc1ccccc1-c1n[nH]c(C)n1. The van der Waals surface area contributed by atoms with E-state index < -0.39 is 0 Å². The van der Waals surface area contributed by atoms with E-state index in [4.69, 9.17) is 6.42 Å². The number of benzene rings is 1. The van der Waals surface area contributed by atoms with Gasteiger partial charge in [0, 0.05) is 5.56 Å². The molecule has 102 valence electrons. The zero-order valence-corrected chi connectivity index (χ0v) is 11.1. The third kappa shape index (κ3) is 3.43. The van der Waals surface area contributed by atoms with Crippen LogP contribution in [0.15, 0.2) is 24.3 Å². The predicted octanol–water partition coefficient (Wildman–Crippen LogP) is 0.941. The van der Waals surface area contributed by atoms with Crippen LogP contribution < -0.4 is 10.6 Å². The van der Waals surface area contributed by atoms with Crippen LogP contribution in [0.2, 0.25) is 0 Å². The molecule has 0 bridgehead atoms. The molecule has 1 aromatic carbocycles. The van der Waals surface area contributed by atoms with E-state index in [1.165, 1.54) is 0 Å². The largest absolute Gasteiger partial charge is 0.324 e. The van der Waals surface area contributed by atoms with E-state index in [1.54, 1.807) is 6.07 Å².